The monoisotopic (exact) mass is 276 g/mol. The largest absolute Gasteiger partial charge is 0.493 e. The van der Waals surface area contributed by atoms with Gasteiger partial charge in [-0.25, -0.2) is 0 Å². The van der Waals surface area contributed by atoms with E-state index in [1.807, 2.05) is 13.0 Å². The Morgan fingerprint density at radius 2 is 1.80 bits per heavy atom. The van der Waals surface area contributed by atoms with Crippen molar-refractivity contribution in [2.75, 3.05) is 6.61 Å². The van der Waals surface area contributed by atoms with Crippen LogP contribution in [0.15, 0.2) is 12.1 Å². The Hall–Kier alpha value is -1.31. The molecule has 1 aromatic carbocycles. The zero-order chi connectivity index (χ0) is 15.3. The van der Waals surface area contributed by atoms with Crippen LogP contribution >= 0.6 is 0 Å². The third-order valence-corrected chi connectivity index (χ3v) is 3.48. The molecule has 0 aliphatic rings. The second kappa shape index (κ2) is 6.92. The van der Waals surface area contributed by atoms with Gasteiger partial charge in [0, 0.05) is 12.0 Å². The molecule has 0 aromatic heterocycles. The van der Waals surface area contributed by atoms with Gasteiger partial charge in [0.1, 0.15) is 5.75 Å². The second-order valence-corrected chi connectivity index (χ2v) is 6.23. The molecule has 2 heteroatoms. The molecule has 2 nitrogen and oxygen atoms in total. The molecule has 0 heterocycles. The SMILES string of the molecule is CCCOc1cc(C(=O)CC)cc(C(C)(C)C)c1CC. The van der Waals surface area contributed by atoms with E-state index < -0.39 is 0 Å². The number of hydrogen-bond donors (Lipinski definition) is 0. The summed E-state index contributed by atoms with van der Waals surface area (Å²) in [6.07, 6.45) is 2.43. The third-order valence-electron chi connectivity index (χ3n) is 3.48. The minimum atomic E-state index is 0.0136. The summed E-state index contributed by atoms with van der Waals surface area (Å²) in [6, 6.07) is 3.99. The van der Waals surface area contributed by atoms with Crippen LogP contribution in [0.5, 0.6) is 5.75 Å². The van der Waals surface area contributed by atoms with Gasteiger partial charge in [0.25, 0.3) is 0 Å². The molecule has 0 aliphatic carbocycles. The molecule has 0 amide bonds. The lowest BCUT2D eigenvalue weighted by Crippen LogP contribution is -2.17. The predicted molar refractivity (Wildman–Crippen MR) is 84.9 cm³/mol. The first kappa shape index (κ1) is 16.7. The van der Waals surface area contributed by atoms with E-state index in [0.717, 1.165) is 24.2 Å². The van der Waals surface area contributed by atoms with Gasteiger partial charge in [0.05, 0.1) is 6.61 Å². The molecule has 1 aromatic rings. The van der Waals surface area contributed by atoms with Gasteiger partial charge in [-0.05, 0) is 41.5 Å². The average molecular weight is 276 g/mol. The Bertz CT molecular complexity index is 467. The minimum absolute atomic E-state index is 0.0136. The van der Waals surface area contributed by atoms with Gasteiger partial charge in [-0.15, -0.1) is 0 Å². The first-order chi connectivity index (χ1) is 9.35. The maximum Gasteiger partial charge on any atom is 0.162 e. The van der Waals surface area contributed by atoms with E-state index in [-0.39, 0.29) is 11.2 Å². The van der Waals surface area contributed by atoms with Gasteiger partial charge in [-0.1, -0.05) is 41.5 Å². The van der Waals surface area contributed by atoms with Crippen LogP contribution in [-0.2, 0) is 11.8 Å². The number of carbonyl (C=O) groups excluding carboxylic acids is 1. The van der Waals surface area contributed by atoms with Crippen molar-refractivity contribution in [2.45, 2.75) is 66.2 Å². The lowest BCUT2D eigenvalue weighted by atomic mass is 9.81. The number of ketones is 1. The third kappa shape index (κ3) is 3.84. The molecule has 20 heavy (non-hydrogen) atoms. The summed E-state index contributed by atoms with van der Waals surface area (Å²) in [6.45, 7) is 13.4. The van der Waals surface area contributed by atoms with Crippen molar-refractivity contribution in [3.63, 3.8) is 0 Å². The summed E-state index contributed by atoms with van der Waals surface area (Å²) in [5.74, 6) is 1.07. The molecular weight excluding hydrogens is 248 g/mol. The Morgan fingerprint density at radius 1 is 1.15 bits per heavy atom. The number of carbonyl (C=O) groups is 1. The molecular formula is C18H28O2. The molecule has 0 saturated carbocycles. The molecule has 0 bridgehead atoms. The summed E-state index contributed by atoms with van der Waals surface area (Å²) in [4.78, 5) is 12.1. The standard InChI is InChI=1S/C18H28O2/c1-7-10-20-17-12-13(16(19)9-3)11-15(14(17)8-2)18(4,5)6/h11-12H,7-10H2,1-6H3. The molecule has 0 atom stereocenters. The Morgan fingerprint density at radius 3 is 2.25 bits per heavy atom. The van der Waals surface area contributed by atoms with E-state index in [9.17, 15) is 4.79 Å². The van der Waals surface area contributed by atoms with Crippen LogP contribution in [0.3, 0.4) is 0 Å². The van der Waals surface area contributed by atoms with Gasteiger partial charge in [-0.2, -0.15) is 0 Å². The van der Waals surface area contributed by atoms with Crippen LogP contribution in [0.25, 0.3) is 0 Å². The maximum absolute atomic E-state index is 12.1. The zero-order valence-electron chi connectivity index (χ0n) is 13.8. The van der Waals surface area contributed by atoms with Crippen LogP contribution in [0.2, 0.25) is 0 Å². The summed E-state index contributed by atoms with van der Waals surface area (Å²) < 4.78 is 5.90. The molecule has 0 saturated heterocycles. The Labute approximate surface area is 123 Å². The molecule has 0 N–H and O–H groups in total. The molecule has 0 fully saturated rings. The second-order valence-electron chi connectivity index (χ2n) is 6.23. The predicted octanol–water partition coefficient (Wildman–Crippen LogP) is 4.93. The molecule has 0 radical (unpaired) electrons. The fourth-order valence-corrected chi connectivity index (χ4v) is 2.39. The Kier molecular flexibility index (Phi) is 5.79. The van der Waals surface area contributed by atoms with Crippen molar-refractivity contribution in [1.29, 1.82) is 0 Å². The van der Waals surface area contributed by atoms with Crippen LogP contribution in [0, 0.1) is 0 Å². The summed E-state index contributed by atoms with van der Waals surface area (Å²) >= 11 is 0. The smallest absolute Gasteiger partial charge is 0.162 e. The van der Waals surface area contributed by atoms with Crippen LogP contribution in [0.4, 0.5) is 0 Å². The number of Topliss-reactive ketones (excluding diaryl/α,β-unsaturated/α-hetero) is 1. The van der Waals surface area contributed by atoms with Gasteiger partial charge in [0.15, 0.2) is 5.78 Å². The highest BCUT2D eigenvalue weighted by Gasteiger charge is 2.22. The number of ether oxygens (including phenoxy) is 1. The number of benzene rings is 1. The highest BCUT2D eigenvalue weighted by molar-refractivity contribution is 5.96. The first-order valence-electron chi connectivity index (χ1n) is 7.68. The van der Waals surface area contributed by atoms with Crippen molar-refractivity contribution in [3.8, 4) is 5.75 Å². The van der Waals surface area contributed by atoms with Crippen molar-refractivity contribution < 1.29 is 9.53 Å². The van der Waals surface area contributed by atoms with Crippen molar-refractivity contribution in [3.05, 3.63) is 28.8 Å². The number of hydrogen-bond acceptors (Lipinski definition) is 2. The summed E-state index contributed by atoms with van der Waals surface area (Å²) in [5, 5.41) is 0. The van der Waals surface area contributed by atoms with Gasteiger partial charge in [-0.3, -0.25) is 4.79 Å². The lowest BCUT2D eigenvalue weighted by Gasteiger charge is -2.25. The van der Waals surface area contributed by atoms with Crippen LogP contribution in [0.1, 0.15) is 75.9 Å². The fourth-order valence-electron chi connectivity index (χ4n) is 2.39. The van der Waals surface area contributed by atoms with Crippen LogP contribution in [-0.4, -0.2) is 12.4 Å². The highest BCUT2D eigenvalue weighted by Crippen LogP contribution is 2.34. The normalized spacial score (nSPS) is 11.5. The van der Waals surface area contributed by atoms with Crippen molar-refractivity contribution in [2.24, 2.45) is 0 Å². The van der Waals surface area contributed by atoms with E-state index in [2.05, 4.69) is 40.7 Å². The fraction of sp³-hybridized carbons (Fsp3) is 0.611. The van der Waals surface area contributed by atoms with Crippen molar-refractivity contribution in [1.82, 2.24) is 0 Å². The van der Waals surface area contributed by atoms with Gasteiger partial charge < -0.3 is 4.74 Å². The van der Waals surface area contributed by atoms with E-state index in [1.165, 1.54) is 11.1 Å². The molecule has 112 valence electrons. The average Bonchev–Trinajstić information content (AvgIpc) is 2.41. The van der Waals surface area contributed by atoms with Gasteiger partial charge in [0.2, 0.25) is 0 Å². The molecule has 0 unspecified atom stereocenters. The lowest BCUT2D eigenvalue weighted by molar-refractivity contribution is 0.0987. The summed E-state index contributed by atoms with van der Waals surface area (Å²) in [5.41, 5.74) is 3.25. The maximum atomic E-state index is 12.1. The minimum Gasteiger partial charge on any atom is -0.493 e. The van der Waals surface area contributed by atoms with E-state index in [0.29, 0.717) is 13.0 Å². The van der Waals surface area contributed by atoms with E-state index in [4.69, 9.17) is 4.74 Å². The van der Waals surface area contributed by atoms with Crippen LogP contribution < -0.4 is 4.74 Å². The quantitative estimate of drug-likeness (QED) is 0.689. The van der Waals surface area contributed by atoms with Crippen molar-refractivity contribution >= 4 is 5.78 Å². The highest BCUT2D eigenvalue weighted by atomic mass is 16.5. The molecule has 1 rings (SSSR count). The zero-order valence-corrected chi connectivity index (χ0v) is 13.8. The van der Waals surface area contributed by atoms with Gasteiger partial charge >= 0.3 is 0 Å². The first-order valence-corrected chi connectivity index (χ1v) is 7.68. The molecule has 0 aliphatic heterocycles. The molecule has 0 spiro atoms. The topological polar surface area (TPSA) is 26.3 Å². The van der Waals surface area contributed by atoms with E-state index >= 15 is 0 Å². The van der Waals surface area contributed by atoms with E-state index in [1.54, 1.807) is 0 Å². The summed E-state index contributed by atoms with van der Waals surface area (Å²) in [7, 11) is 0. The Balaban J connectivity index is 3.43. The number of rotatable bonds is 6.